The van der Waals surface area contributed by atoms with Crippen LogP contribution in [0.4, 0.5) is 4.79 Å². The largest absolute Gasteiger partial charge is 0.338 e. The molecule has 1 atom stereocenters. The fourth-order valence-corrected chi connectivity index (χ4v) is 3.48. The molecule has 3 rings (SSSR count). The van der Waals surface area contributed by atoms with Crippen LogP contribution in [0.5, 0.6) is 0 Å². The molecule has 0 bridgehead atoms. The number of rotatable bonds is 4. The van der Waals surface area contributed by atoms with Crippen LogP contribution in [0.1, 0.15) is 24.8 Å². The third-order valence-electron chi connectivity index (χ3n) is 4.79. The first-order valence-electron chi connectivity index (χ1n) is 8.45. The van der Waals surface area contributed by atoms with Crippen molar-refractivity contribution in [1.29, 1.82) is 0 Å². The van der Waals surface area contributed by atoms with Gasteiger partial charge in [-0.2, -0.15) is 0 Å². The van der Waals surface area contributed by atoms with Gasteiger partial charge in [-0.25, -0.2) is 4.79 Å². The van der Waals surface area contributed by atoms with Crippen LogP contribution in [0.2, 0.25) is 0 Å². The Balaban J connectivity index is 1.67. The summed E-state index contributed by atoms with van der Waals surface area (Å²) in [6.45, 7) is 0.606. The Hall–Kier alpha value is -2.37. The third-order valence-corrected chi connectivity index (χ3v) is 4.79. The lowest BCUT2D eigenvalue weighted by Gasteiger charge is -2.36. The average molecular weight is 329 g/mol. The highest BCUT2D eigenvalue weighted by molar-refractivity contribution is 6.04. The summed E-state index contributed by atoms with van der Waals surface area (Å²) in [5, 5.41) is 0. The monoisotopic (exact) mass is 329 g/mol. The second kappa shape index (κ2) is 7.03. The zero-order chi connectivity index (χ0) is 17.1. The number of likely N-dealkylation sites (tertiary alicyclic amines) is 1. The lowest BCUT2D eigenvalue weighted by Crippen LogP contribution is -2.50. The maximum absolute atomic E-state index is 12.7. The van der Waals surface area contributed by atoms with Gasteiger partial charge in [0.1, 0.15) is 13.1 Å². The standard InChI is InChI=1S/C18H23N3O3/c1-19-12-16(22)21(18(19)24)13-17(23)20-10-6-5-9-15(20)11-14-7-3-2-4-8-14/h2-4,7-8,15H,5-6,9-13H2,1H3/t15-/m1/s1. The average Bonchev–Trinajstić information content (AvgIpc) is 2.82. The molecule has 2 heterocycles. The van der Waals surface area contributed by atoms with E-state index in [9.17, 15) is 14.4 Å². The number of imide groups is 1. The van der Waals surface area contributed by atoms with Gasteiger partial charge in [0.25, 0.3) is 5.91 Å². The van der Waals surface area contributed by atoms with Gasteiger partial charge in [0.05, 0.1) is 0 Å². The number of urea groups is 1. The Labute approximate surface area is 142 Å². The van der Waals surface area contributed by atoms with Crippen LogP contribution in [0.3, 0.4) is 0 Å². The molecule has 2 fully saturated rings. The molecule has 2 aliphatic heterocycles. The molecular formula is C18H23N3O3. The van der Waals surface area contributed by atoms with Crippen molar-refractivity contribution >= 4 is 17.8 Å². The first kappa shape index (κ1) is 16.5. The van der Waals surface area contributed by atoms with Gasteiger partial charge in [0.15, 0.2) is 0 Å². The molecule has 2 saturated heterocycles. The van der Waals surface area contributed by atoms with Gasteiger partial charge < -0.3 is 9.80 Å². The van der Waals surface area contributed by atoms with E-state index >= 15 is 0 Å². The summed E-state index contributed by atoms with van der Waals surface area (Å²) in [5.74, 6) is -0.430. The quantitative estimate of drug-likeness (QED) is 0.787. The summed E-state index contributed by atoms with van der Waals surface area (Å²) in [7, 11) is 1.57. The number of piperidine rings is 1. The molecule has 1 aromatic rings. The van der Waals surface area contributed by atoms with Gasteiger partial charge in [-0.05, 0) is 31.2 Å². The lowest BCUT2D eigenvalue weighted by atomic mass is 9.95. The number of nitrogens with zero attached hydrogens (tertiary/aromatic N) is 3. The maximum atomic E-state index is 12.7. The number of likely N-dealkylation sites (N-methyl/N-ethyl adjacent to an activating group) is 1. The molecule has 0 aromatic heterocycles. The smallest absolute Gasteiger partial charge is 0.327 e. The van der Waals surface area contributed by atoms with Gasteiger partial charge in [-0.15, -0.1) is 0 Å². The fourth-order valence-electron chi connectivity index (χ4n) is 3.48. The van der Waals surface area contributed by atoms with Crippen LogP contribution in [-0.4, -0.2) is 65.3 Å². The molecule has 0 saturated carbocycles. The van der Waals surface area contributed by atoms with Crippen molar-refractivity contribution in [2.24, 2.45) is 0 Å². The highest BCUT2D eigenvalue weighted by Crippen LogP contribution is 2.21. The van der Waals surface area contributed by atoms with Crippen molar-refractivity contribution in [1.82, 2.24) is 14.7 Å². The molecule has 0 spiro atoms. The molecule has 0 aliphatic carbocycles. The van der Waals surface area contributed by atoms with Crippen molar-refractivity contribution in [3.63, 3.8) is 0 Å². The van der Waals surface area contributed by atoms with Crippen molar-refractivity contribution in [3.05, 3.63) is 35.9 Å². The van der Waals surface area contributed by atoms with Crippen LogP contribution in [0.25, 0.3) is 0 Å². The molecule has 0 N–H and O–H groups in total. The van der Waals surface area contributed by atoms with Crippen molar-refractivity contribution in [2.45, 2.75) is 31.7 Å². The Morgan fingerprint density at radius 1 is 1.17 bits per heavy atom. The van der Waals surface area contributed by atoms with E-state index in [0.717, 1.165) is 30.6 Å². The molecular weight excluding hydrogens is 306 g/mol. The van der Waals surface area contributed by atoms with Gasteiger partial charge in [-0.1, -0.05) is 30.3 Å². The maximum Gasteiger partial charge on any atom is 0.327 e. The highest BCUT2D eigenvalue weighted by atomic mass is 16.2. The van der Waals surface area contributed by atoms with Crippen LogP contribution in [0, 0.1) is 0 Å². The molecule has 6 heteroatoms. The Bertz CT molecular complexity index is 632. The number of amides is 4. The van der Waals surface area contributed by atoms with Crippen LogP contribution >= 0.6 is 0 Å². The van der Waals surface area contributed by atoms with Gasteiger partial charge >= 0.3 is 6.03 Å². The second-order valence-electron chi connectivity index (χ2n) is 6.54. The molecule has 0 unspecified atom stereocenters. The Morgan fingerprint density at radius 3 is 2.58 bits per heavy atom. The number of carbonyl (C=O) groups excluding carboxylic acids is 3. The first-order valence-corrected chi connectivity index (χ1v) is 8.45. The summed E-state index contributed by atoms with van der Waals surface area (Å²) in [6.07, 6.45) is 3.85. The number of hydrogen-bond acceptors (Lipinski definition) is 3. The van der Waals surface area contributed by atoms with Crippen LogP contribution < -0.4 is 0 Å². The molecule has 2 aliphatic rings. The van der Waals surface area contributed by atoms with E-state index in [0.29, 0.717) is 6.54 Å². The van der Waals surface area contributed by atoms with Gasteiger partial charge in [0.2, 0.25) is 5.91 Å². The van der Waals surface area contributed by atoms with Gasteiger partial charge in [-0.3, -0.25) is 14.5 Å². The molecule has 128 valence electrons. The normalized spacial score (nSPS) is 21.5. The van der Waals surface area contributed by atoms with E-state index in [-0.39, 0.29) is 37.0 Å². The summed E-state index contributed by atoms with van der Waals surface area (Å²) in [4.78, 5) is 40.8. The summed E-state index contributed by atoms with van der Waals surface area (Å²) in [5.41, 5.74) is 1.20. The van der Waals surface area contributed by atoms with E-state index in [1.165, 1.54) is 10.5 Å². The Kier molecular flexibility index (Phi) is 4.83. The van der Waals surface area contributed by atoms with E-state index < -0.39 is 0 Å². The SMILES string of the molecule is CN1CC(=O)N(CC(=O)N2CCCC[C@@H]2Cc2ccccc2)C1=O. The minimum absolute atomic E-state index is 0.0551. The van der Waals surface area contributed by atoms with E-state index in [4.69, 9.17) is 0 Å². The zero-order valence-corrected chi connectivity index (χ0v) is 14.0. The van der Waals surface area contributed by atoms with Crippen molar-refractivity contribution in [2.75, 3.05) is 26.7 Å². The first-order chi connectivity index (χ1) is 11.6. The lowest BCUT2D eigenvalue weighted by molar-refractivity contribution is -0.139. The van der Waals surface area contributed by atoms with E-state index in [2.05, 4.69) is 12.1 Å². The third kappa shape index (κ3) is 3.42. The van der Waals surface area contributed by atoms with E-state index in [1.807, 2.05) is 23.1 Å². The van der Waals surface area contributed by atoms with Crippen molar-refractivity contribution < 1.29 is 14.4 Å². The zero-order valence-electron chi connectivity index (χ0n) is 14.0. The topological polar surface area (TPSA) is 60.9 Å². The second-order valence-corrected chi connectivity index (χ2v) is 6.54. The minimum Gasteiger partial charge on any atom is -0.338 e. The molecule has 1 aromatic carbocycles. The fraction of sp³-hybridized carbons (Fsp3) is 0.500. The molecule has 4 amide bonds. The van der Waals surface area contributed by atoms with Crippen LogP contribution in [-0.2, 0) is 16.0 Å². The van der Waals surface area contributed by atoms with E-state index in [1.54, 1.807) is 7.05 Å². The summed E-state index contributed by atoms with van der Waals surface area (Å²) in [6, 6.07) is 9.88. The molecule has 0 radical (unpaired) electrons. The molecule has 6 nitrogen and oxygen atoms in total. The van der Waals surface area contributed by atoms with Crippen molar-refractivity contribution in [3.8, 4) is 0 Å². The predicted molar refractivity (Wildman–Crippen MR) is 89.2 cm³/mol. The summed E-state index contributed by atoms with van der Waals surface area (Å²) >= 11 is 0. The van der Waals surface area contributed by atoms with Gasteiger partial charge in [0, 0.05) is 19.6 Å². The Morgan fingerprint density at radius 2 is 1.92 bits per heavy atom. The summed E-state index contributed by atoms with van der Waals surface area (Å²) < 4.78 is 0. The van der Waals surface area contributed by atoms with Crippen LogP contribution in [0.15, 0.2) is 30.3 Å². The number of carbonyl (C=O) groups is 3. The number of benzene rings is 1. The number of hydrogen-bond donors (Lipinski definition) is 0. The molecule has 24 heavy (non-hydrogen) atoms. The highest BCUT2D eigenvalue weighted by Gasteiger charge is 2.37. The minimum atomic E-state index is -0.384. The predicted octanol–water partition coefficient (Wildman–Crippen LogP) is 1.50.